The van der Waals surface area contributed by atoms with E-state index in [-0.39, 0.29) is 5.54 Å². The number of benzene rings is 2. The second kappa shape index (κ2) is 5.89. The molecule has 1 N–H and O–H groups in total. The summed E-state index contributed by atoms with van der Waals surface area (Å²) in [6.45, 7) is 6.32. The molecule has 0 saturated heterocycles. The SMILES string of the molecule is COc1c(C#N)cccc1-c1ccc2c(c1Cl)C(C)=CC(C)(C)N2. The number of methoxy groups -OCH3 is 1. The van der Waals surface area contributed by atoms with Crippen LogP contribution in [-0.2, 0) is 0 Å². The van der Waals surface area contributed by atoms with Crippen molar-refractivity contribution in [3.63, 3.8) is 0 Å². The largest absolute Gasteiger partial charge is 0.495 e. The van der Waals surface area contributed by atoms with Crippen LogP contribution in [0.25, 0.3) is 16.7 Å². The normalized spacial score (nSPS) is 14.9. The number of anilines is 1. The lowest BCUT2D eigenvalue weighted by molar-refractivity contribution is 0.415. The number of nitrogens with zero attached hydrogens (tertiary/aromatic N) is 1. The number of halogens is 1. The van der Waals surface area contributed by atoms with E-state index in [2.05, 4.69) is 38.2 Å². The lowest BCUT2D eigenvalue weighted by Crippen LogP contribution is -2.31. The number of ether oxygens (including phenoxy) is 1. The first-order valence-corrected chi connectivity index (χ1v) is 8.13. The molecule has 3 nitrogen and oxygen atoms in total. The van der Waals surface area contributed by atoms with Crippen LogP contribution in [0, 0.1) is 11.3 Å². The monoisotopic (exact) mass is 338 g/mol. The quantitative estimate of drug-likeness (QED) is 0.786. The Morgan fingerprint density at radius 3 is 2.58 bits per heavy atom. The summed E-state index contributed by atoms with van der Waals surface area (Å²) in [7, 11) is 1.57. The van der Waals surface area contributed by atoms with Gasteiger partial charge in [0.25, 0.3) is 0 Å². The van der Waals surface area contributed by atoms with Crippen LogP contribution in [0.15, 0.2) is 36.4 Å². The van der Waals surface area contributed by atoms with E-state index in [0.29, 0.717) is 16.3 Å². The summed E-state index contributed by atoms with van der Waals surface area (Å²) in [6, 6.07) is 11.7. The third kappa shape index (κ3) is 2.64. The summed E-state index contributed by atoms with van der Waals surface area (Å²) in [6.07, 6.45) is 2.17. The molecule has 2 aromatic rings. The first-order chi connectivity index (χ1) is 11.4. The highest BCUT2D eigenvalue weighted by Crippen LogP contribution is 2.45. The van der Waals surface area contributed by atoms with E-state index < -0.39 is 0 Å². The second-order valence-corrected chi connectivity index (χ2v) is 6.90. The molecule has 122 valence electrons. The first-order valence-electron chi connectivity index (χ1n) is 7.76. The van der Waals surface area contributed by atoms with Gasteiger partial charge in [0.05, 0.1) is 23.2 Å². The lowest BCUT2D eigenvalue weighted by atomic mass is 9.89. The number of allylic oxidation sites excluding steroid dienone is 1. The smallest absolute Gasteiger partial charge is 0.144 e. The van der Waals surface area contributed by atoms with Crippen LogP contribution in [-0.4, -0.2) is 12.6 Å². The molecule has 4 heteroatoms. The number of para-hydroxylation sites is 1. The molecule has 0 spiro atoms. The molecule has 0 unspecified atom stereocenters. The Morgan fingerprint density at radius 1 is 1.17 bits per heavy atom. The highest BCUT2D eigenvalue weighted by atomic mass is 35.5. The molecular formula is C20H19ClN2O. The third-order valence-corrected chi connectivity index (χ3v) is 4.59. The molecule has 3 rings (SSSR count). The predicted octanol–water partition coefficient (Wildman–Crippen LogP) is 5.49. The maximum atomic E-state index is 9.30. The van der Waals surface area contributed by atoms with Crippen LogP contribution in [0.5, 0.6) is 5.75 Å². The molecule has 1 heterocycles. The van der Waals surface area contributed by atoms with Gasteiger partial charge in [-0.25, -0.2) is 0 Å². The summed E-state index contributed by atoms with van der Waals surface area (Å²) in [5.41, 5.74) is 5.22. The van der Waals surface area contributed by atoms with Crippen molar-refractivity contribution >= 4 is 22.9 Å². The molecule has 0 atom stereocenters. The van der Waals surface area contributed by atoms with Gasteiger partial charge in [-0.2, -0.15) is 5.26 Å². The average Bonchev–Trinajstić information content (AvgIpc) is 2.52. The van der Waals surface area contributed by atoms with Gasteiger partial charge in [-0.15, -0.1) is 0 Å². The summed E-state index contributed by atoms with van der Waals surface area (Å²) in [5.74, 6) is 0.549. The van der Waals surface area contributed by atoms with Crippen LogP contribution in [0.1, 0.15) is 31.9 Å². The topological polar surface area (TPSA) is 45.0 Å². The van der Waals surface area contributed by atoms with E-state index in [9.17, 15) is 5.26 Å². The zero-order chi connectivity index (χ0) is 17.5. The number of nitriles is 1. The molecule has 1 aliphatic heterocycles. The van der Waals surface area contributed by atoms with E-state index in [1.165, 1.54) is 0 Å². The molecule has 0 bridgehead atoms. The molecule has 24 heavy (non-hydrogen) atoms. The fourth-order valence-electron chi connectivity index (χ4n) is 3.33. The molecule has 0 aliphatic carbocycles. The van der Waals surface area contributed by atoms with Crippen LogP contribution in [0.3, 0.4) is 0 Å². The summed E-state index contributed by atoms with van der Waals surface area (Å²) >= 11 is 6.75. The average molecular weight is 339 g/mol. The molecular weight excluding hydrogens is 320 g/mol. The zero-order valence-electron chi connectivity index (χ0n) is 14.2. The van der Waals surface area contributed by atoms with Crippen LogP contribution in [0.4, 0.5) is 5.69 Å². The van der Waals surface area contributed by atoms with Gasteiger partial charge < -0.3 is 10.1 Å². The van der Waals surface area contributed by atoms with E-state index in [1.807, 2.05) is 24.3 Å². The number of rotatable bonds is 2. The van der Waals surface area contributed by atoms with Crippen molar-refractivity contribution in [2.75, 3.05) is 12.4 Å². The Bertz CT molecular complexity index is 891. The summed E-state index contributed by atoms with van der Waals surface area (Å²) in [5, 5.41) is 13.5. The van der Waals surface area contributed by atoms with Gasteiger partial charge in [0, 0.05) is 22.4 Å². The van der Waals surface area contributed by atoms with Crippen molar-refractivity contribution < 1.29 is 4.74 Å². The van der Waals surface area contributed by atoms with Gasteiger partial charge in [0.2, 0.25) is 0 Å². The maximum absolute atomic E-state index is 9.30. The minimum Gasteiger partial charge on any atom is -0.495 e. The van der Waals surface area contributed by atoms with Gasteiger partial charge in [0.1, 0.15) is 11.8 Å². The standard InChI is InChI=1S/C20H19ClN2O/c1-12-10-20(2,3)23-16-9-8-14(18(21)17(12)16)15-7-5-6-13(11-22)19(15)24-4/h5-10,23H,1-4H3. The Hall–Kier alpha value is -2.44. The van der Waals surface area contributed by atoms with E-state index in [1.54, 1.807) is 13.2 Å². The lowest BCUT2D eigenvalue weighted by Gasteiger charge is -2.32. The molecule has 0 fully saturated rings. The van der Waals surface area contributed by atoms with Crippen molar-refractivity contribution in [1.82, 2.24) is 0 Å². The molecule has 0 aromatic heterocycles. The van der Waals surface area contributed by atoms with Crippen LogP contribution >= 0.6 is 11.6 Å². The maximum Gasteiger partial charge on any atom is 0.144 e. The van der Waals surface area contributed by atoms with Crippen molar-refractivity contribution in [2.45, 2.75) is 26.3 Å². The van der Waals surface area contributed by atoms with Crippen LogP contribution in [0.2, 0.25) is 5.02 Å². The van der Waals surface area contributed by atoms with Gasteiger partial charge in [0.15, 0.2) is 0 Å². The van der Waals surface area contributed by atoms with Crippen molar-refractivity contribution in [2.24, 2.45) is 0 Å². The number of hydrogen-bond donors (Lipinski definition) is 1. The predicted molar refractivity (Wildman–Crippen MR) is 99.5 cm³/mol. The molecule has 0 amide bonds. The molecule has 2 aromatic carbocycles. The van der Waals surface area contributed by atoms with Crippen molar-refractivity contribution in [3.8, 4) is 22.9 Å². The highest BCUT2D eigenvalue weighted by Gasteiger charge is 2.26. The Kier molecular flexibility index (Phi) is 4.03. The Balaban J connectivity index is 2.24. The summed E-state index contributed by atoms with van der Waals surface area (Å²) < 4.78 is 5.47. The highest BCUT2D eigenvalue weighted by molar-refractivity contribution is 6.36. The minimum atomic E-state index is -0.111. The number of nitrogens with one attached hydrogen (secondary N) is 1. The second-order valence-electron chi connectivity index (χ2n) is 6.52. The molecule has 0 radical (unpaired) electrons. The third-order valence-electron chi connectivity index (χ3n) is 4.20. The zero-order valence-corrected chi connectivity index (χ0v) is 15.0. The van der Waals surface area contributed by atoms with Crippen LogP contribution < -0.4 is 10.1 Å². The van der Waals surface area contributed by atoms with E-state index >= 15 is 0 Å². The molecule has 1 aliphatic rings. The number of hydrogen-bond acceptors (Lipinski definition) is 3. The fourth-order valence-corrected chi connectivity index (χ4v) is 3.74. The van der Waals surface area contributed by atoms with Crippen molar-refractivity contribution in [1.29, 1.82) is 5.26 Å². The Morgan fingerprint density at radius 2 is 1.92 bits per heavy atom. The van der Waals surface area contributed by atoms with Gasteiger partial charge >= 0.3 is 0 Å². The van der Waals surface area contributed by atoms with Gasteiger partial charge in [-0.3, -0.25) is 0 Å². The van der Waals surface area contributed by atoms with E-state index in [0.717, 1.165) is 28.0 Å². The fraction of sp³-hybridized carbons (Fsp3) is 0.250. The van der Waals surface area contributed by atoms with Crippen molar-refractivity contribution in [3.05, 3.63) is 52.6 Å². The Labute approximate surface area is 147 Å². The minimum absolute atomic E-state index is 0.111. The number of fused-ring (bicyclic) bond motifs is 1. The van der Waals surface area contributed by atoms with E-state index in [4.69, 9.17) is 16.3 Å². The first kappa shape index (κ1) is 16.4. The van der Waals surface area contributed by atoms with Gasteiger partial charge in [-0.1, -0.05) is 35.9 Å². The molecule has 0 saturated carbocycles. The summed E-state index contributed by atoms with van der Waals surface area (Å²) in [4.78, 5) is 0. The van der Waals surface area contributed by atoms with Gasteiger partial charge in [-0.05, 0) is 38.5 Å².